The van der Waals surface area contributed by atoms with Crippen LogP contribution in [-0.4, -0.2) is 53.0 Å². The number of hydrogen-bond acceptors (Lipinski definition) is 4. The van der Waals surface area contributed by atoms with Gasteiger partial charge in [0.1, 0.15) is 17.1 Å². The second kappa shape index (κ2) is 4.67. The van der Waals surface area contributed by atoms with Crippen LogP contribution in [0.1, 0.15) is 33.6 Å². The molecule has 2 fully saturated rings. The maximum atomic E-state index is 12.0. The molecule has 0 aliphatic carbocycles. The number of nitrogens with zero attached hydrogens (tertiary/aromatic N) is 1. The molecule has 1 amide bonds. The Kier molecular flexibility index (Phi) is 3.47. The molecular weight excluding hydrogens is 250 g/mol. The highest BCUT2D eigenvalue weighted by molar-refractivity contribution is 5.74. The fourth-order valence-corrected chi connectivity index (χ4v) is 2.63. The molecule has 19 heavy (non-hydrogen) atoms. The van der Waals surface area contributed by atoms with Crippen molar-refractivity contribution in [2.75, 3.05) is 19.7 Å². The van der Waals surface area contributed by atoms with E-state index < -0.39 is 29.2 Å². The molecule has 2 rings (SSSR count). The van der Waals surface area contributed by atoms with E-state index in [-0.39, 0.29) is 6.61 Å². The zero-order valence-corrected chi connectivity index (χ0v) is 11.6. The second-order valence-electron chi connectivity index (χ2n) is 6.27. The quantitative estimate of drug-likeness (QED) is 0.782. The Morgan fingerprint density at radius 1 is 1.42 bits per heavy atom. The number of likely N-dealkylation sites (tertiary alicyclic amines) is 1. The summed E-state index contributed by atoms with van der Waals surface area (Å²) < 4.78 is 10.8. The smallest absolute Gasteiger partial charge is 0.410 e. The molecule has 2 aliphatic heterocycles. The number of piperidine rings is 1. The Labute approximate surface area is 112 Å². The molecule has 1 N–H and O–H groups in total. The minimum Gasteiger partial charge on any atom is -0.481 e. The van der Waals surface area contributed by atoms with Gasteiger partial charge in [-0.3, -0.25) is 4.79 Å². The van der Waals surface area contributed by atoms with Gasteiger partial charge < -0.3 is 19.5 Å². The maximum absolute atomic E-state index is 12.0. The monoisotopic (exact) mass is 271 g/mol. The summed E-state index contributed by atoms with van der Waals surface area (Å²) >= 11 is 0. The van der Waals surface area contributed by atoms with Crippen LogP contribution in [0.15, 0.2) is 0 Å². The van der Waals surface area contributed by atoms with Crippen LogP contribution in [0.2, 0.25) is 0 Å². The van der Waals surface area contributed by atoms with Gasteiger partial charge >= 0.3 is 12.1 Å². The molecule has 2 saturated heterocycles. The summed E-state index contributed by atoms with van der Waals surface area (Å²) in [6.07, 6.45) is 1.03. The molecule has 0 aromatic rings. The average Bonchev–Trinajstić information content (AvgIpc) is 2.24. The van der Waals surface area contributed by atoms with Crippen LogP contribution in [0, 0.1) is 5.92 Å². The molecule has 0 bridgehead atoms. The molecule has 2 heterocycles. The summed E-state index contributed by atoms with van der Waals surface area (Å²) in [5.41, 5.74) is -1.25. The Hall–Kier alpha value is -1.30. The maximum Gasteiger partial charge on any atom is 0.410 e. The summed E-state index contributed by atoms with van der Waals surface area (Å²) in [4.78, 5) is 24.7. The lowest BCUT2D eigenvalue weighted by Gasteiger charge is -2.52. The van der Waals surface area contributed by atoms with Gasteiger partial charge in [0.05, 0.1) is 13.2 Å². The number of hydrogen-bond donors (Lipinski definition) is 1. The van der Waals surface area contributed by atoms with Gasteiger partial charge in [-0.15, -0.1) is 0 Å². The Bertz CT molecular complexity index is 389. The van der Waals surface area contributed by atoms with E-state index in [0.717, 1.165) is 6.42 Å². The second-order valence-corrected chi connectivity index (χ2v) is 6.27. The van der Waals surface area contributed by atoms with Crippen molar-refractivity contribution in [2.24, 2.45) is 5.92 Å². The van der Waals surface area contributed by atoms with E-state index in [2.05, 4.69) is 0 Å². The van der Waals surface area contributed by atoms with Gasteiger partial charge in [-0.1, -0.05) is 0 Å². The van der Waals surface area contributed by atoms with Gasteiger partial charge in [-0.2, -0.15) is 0 Å². The third-order valence-electron chi connectivity index (χ3n) is 3.61. The van der Waals surface area contributed by atoms with Crippen LogP contribution in [0.25, 0.3) is 0 Å². The van der Waals surface area contributed by atoms with E-state index in [0.29, 0.717) is 19.5 Å². The van der Waals surface area contributed by atoms with Gasteiger partial charge in [0.15, 0.2) is 0 Å². The molecule has 6 nitrogen and oxygen atoms in total. The van der Waals surface area contributed by atoms with E-state index in [4.69, 9.17) is 14.6 Å². The number of carbonyl (C=O) groups excluding carboxylic acids is 1. The predicted molar refractivity (Wildman–Crippen MR) is 66.8 cm³/mol. The van der Waals surface area contributed by atoms with E-state index >= 15 is 0 Å². The van der Waals surface area contributed by atoms with Gasteiger partial charge in [-0.25, -0.2) is 4.79 Å². The highest BCUT2D eigenvalue weighted by Gasteiger charge is 2.55. The van der Waals surface area contributed by atoms with Crippen molar-refractivity contribution in [1.29, 1.82) is 0 Å². The van der Waals surface area contributed by atoms with E-state index in [1.807, 2.05) is 20.8 Å². The normalized spacial score (nSPS) is 30.9. The van der Waals surface area contributed by atoms with Crippen molar-refractivity contribution in [2.45, 2.75) is 44.8 Å². The summed E-state index contributed by atoms with van der Waals surface area (Å²) in [6.45, 7) is 6.56. The molecular formula is C13H21NO5. The molecule has 2 aliphatic rings. The van der Waals surface area contributed by atoms with Crippen molar-refractivity contribution in [3.63, 3.8) is 0 Å². The Morgan fingerprint density at radius 3 is 2.58 bits per heavy atom. The van der Waals surface area contributed by atoms with E-state index in [1.165, 1.54) is 0 Å². The molecule has 2 atom stereocenters. The fourth-order valence-electron chi connectivity index (χ4n) is 2.63. The van der Waals surface area contributed by atoms with Crippen LogP contribution < -0.4 is 0 Å². The molecule has 1 spiro atoms. The average molecular weight is 271 g/mol. The lowest BCUT2D eigenvalue weighted by Crippen LogP contribution is -2.65. The zero-order chi connectivity index (χ0) is 14.3. The third-order valence-corrected chi connectivity index (χ3v) is 3.61. The van der Waals surface area contributed by atoms with Gasteiger partial charge in [0, 0.05) is 6.54 Å². The summed E-state index contributed by atoms with van der Waals surface area (Å²) in [7, 11) is 0. The highest BCUT2D eigenvalue weighted by atomic mass is 16.6. The summed E-state index contributed by atoms with van der Waals surface area (Å²) in [5.74, 6) is -1.37. The first-order valence-electron chi connectivity index (χ1n) is 6.58. The first-order valence-corrected chi connectivity index (χ1v) is 6.58. The first-order chi connectivity index (χ1) is 8.73. The molecule has 0 radical (unpaired) electrons. The SMILES string of the molecule is CC(C)(C)OC(=O)N1CCCC2(C1)OCC2C(=O)O. The lowest BCUT2D eigenvalue weighted by molar-refractivity contribution is -0.231. The number of ether oxygens (including phenoxy) is 2. The Balaban J connectivity index is 2.02. The minimum atomic E-state index is -0.850. The van der Waals surface area contributed by atoms with Crippen molar-refractivity contribution in [3.8, 4) is 0 Å². The van der Waals surface area contributed by atoms with E-state index in [9.17, 15) is 9.59 Å². The van der Waals surface area contributed by atoms with Crippen LogP contribution in [0.4, 0.5) is 4.79 Å². The van der Waals surface area contributed by atoms with Gasteiger partial charge in [0.2, 0.25) is 0 Å². The largest absolute Gasteiger partial charge is 0.481 e. The topological polar surface area (TPSA) is 76.1 Å². The number of aliphatic carboxylic acids is 1. The molecule has 6 heteroatoms. The van der Waals surface area contributed by atoms with E-state index in [1.54, 1.807) is 4.90 Å². The molecule has 0 saturated carbocycles. The van der Waals surface area contributed by atoms with Crippen molar-refractivity contribution < 1.29 is 24.2 Å². The molecule has 108 valence electrons. The predicted octanol–water partition coefficient (Wildman–Crippen LogP) is 1.49. The zero-order valence-electron chi connectivity index (χ0n) is 11.6. The van der Waals surface area contributed by atoms with Crippen LogP contribution >= 0.6 is 0 Å². The fraction of sp³-hybridized carbons (Fsp3) is 0.846. The number of carboxylic acid groups (broad SMARTS) is 1. The van der Waals surface area contributed by atoms with Crippen molar-refractivity contribution >= 4 is 12.1 Å². The first kappa shape index (κ1) is 14.1. The third kappa shape index (κ3) is 2.83. The standard InChI is InChI=1S/C13H21NO5/c1-12(2,3)19-11(17)14-6-4-5-13(8-14)9(7-18-13)10(15)16/h9H,4-8H2,1-3H3,(H,15,16). The number of amides is 1. The van der Waals surface area contributed by atoms with Crippen molar-refractivity contribution in [3.05, 3.63) is 0 Å². The van der Waals surface area contributed by atoms with Crippen molar-refractivity contribution in [1.82, 2.24) is 4.90 Å². The van der Waals surface area contributed by atoms with Gasteiger partial charge in [0.25, 0.3) is 0 Å². The molecule has 2 unspecified atom stereocenters. The lowest BCUT2D eigenvalue weighted by atomic mass is 9.76. The highest BCUT2D eigenvalue weighted by Crippen LogP contribution is 2.40. The molecule has 0 aromatic carbocycles. The van der Waals surface area contributed by atoms with Crippen LogP contribution in [-0.2, 0) is 14.3 Å². The van der Waals surface area contributed by atoms with Crippen LogP contribution in [0.3, 0.4) is 0 Å². The number of rotatable bonds is 1. The van der Waals surface area contributed by atoms with Crippen LogP contribution in [0.5, 0.6) is 0 Å². The van der Waals surface area contributed by atoms with Gasteiger partial charge in [-0.05, 0) is 33.6 Å². The summed E-state index contributed by atoms with van der Waals surface area (Å²) in [6, 6.07) is 0. The summed E-state index contributed by atoms with van der Waals surface area (Å²) in [5, 5.41) is 9.15. The minimum absolute atomic E-state index is 0.234. The molecule has 0 aromatic heterocycles. The Morgan fingerprint density at radius 2 is 2.11 bits per heavy atom. The number of carbonyl (C=O) groups is 2. The number of carboxylic acids is 1.